The molecule has 1 fully saturated rings. The van der Waals surface area contributed by atoms with Gasteiger partial charge in [-0.25, -0.2) is 4.39 Å². The van der Waals surface area contributed by atoms with E-state index >= 15 is 0 Å². The van der Waals surface area contributed by atoms with Gasteiger partial charge < -0.3 is 0 Å². The first-order chi connectivity index (χ1) is 12.2. The van der Waals surface area contributed by atoms with Crippen LogP contribution in [0, 0.1) is 5.82 Å². The average molecular weight is 338 g/mol. The lowest BCUT2D eigenvalue weighted by molar-refractivity contribution is 0.109. The molecule has 0 aromatic heterocycles. The number of hydrogen-bond donors (Lipinski definition) is 0. The molecule has 3 heteroatoms. The molecule has 2 aromatic carbocycles. The van der Waals surface area contributed by atoms with Gasteiger partial charge in [0.25, 0.3) is 0 Å². The molecule has 0 spiro atoms. The quantitative estimate of drug-likeness (QED) is 0.783. The van der Waals surface area contributed by atoms with Crippen molar-refractivity contribution in [1.29, 1.82) is 0 Å². The van der Waals surface area contributed by atoms with Crippen molar-refractivity contribution in [3.8, 4) is 0 Å². The van der Waals surface area contributed by atoms with Crippen molar-refractivity contribution in [2.24, 2.45) is 0 Å². The molecule has 3 rings (SSSR count). The molecule has 0 amide bonds. The van der Waals surface area contributed by atoms with Crippen LogP contribution in [0.15, 0.2) is 60.7 Å². The molecule has 1 saturated heterocycles. The van der Waals surface area contributed by atoms with Gasteiger partial charge in [-0.15, -0.1) is 0 Å². The zero-order valence-corrected chi connectivity index (χ0v) is 14.9. The minimum atomic E-state index is -0.0842. The number of rotatable bonds is 6. The van der Waals surface area contributed by atoms with Crippen LogP contribution < -0.4 is 0 Å². The van der Waals surface area contributed by atoms with E-state index in [0.29, 0.717) is 6.04 Å². The Morgan fingerprint density at radius 1 is 0.960 bits per heavy atom. The highest BCUT2D eigenvalue weighted by atomic mass is 19.1. The van der Waals surface area contributed by atoms with Gasteiger partial charge >= 0.3 is 0 Å². The summed E-state index contributed by atoms with van der Waals surface area (Å²) in [6, 6.07) is 17.9. The summed E-state index contributed by atoms with van der Waals surface area (Å²) in [5.41, 5.74) is 2.07. The third kappa shape index (κ3) is 5.25. The zero-order chi connectivity index (χ0) is 17.5. The Labute approximate surface area is 150 Å². The van der Waals surface area contributed by atoms with Crippen molar-refractivity contribution in [3.63, 3.8) is 0 Å². The van der Waals surface area contributed by atoms with Crippen molar-refractivity contribution in [2.75, 3.05) is 32.7 Å². The van der Waals surface area contributed by atoms with E-state index < -0.39 is 0 Å². The van der Waals surface area contributed by atoms with E-state index in [1.54, 1.807) is 12.1 Å². The molecule has 1 atom stereocenters. The topological polar surface area (TPSA) is 6.48 Å². The average Bonchev–Trinajstić information content (AvgIpc) is 2.65. The Hall–Kier alpha value is -1.97. The Bertz CT molecular complexity index is 675. The molecule has 25 heavy (non-hydrogen) atoms. The lowest BCUT2D eigenvalue weighted by Crippen LogP contribution is -2.50. The van der Waals surface area contributed by atoms with Crippen LogP contribution in [0.25, 0.3) is 6.08 Å². The summed E-state index contributed by atoms with van der Waals surface area (Å²) in [5.74, 6) is -0.0842. The SMILES string of the molecule is C[C@H](Cc1ccccc1F)N1CCN(CC=Cc2ccccc2)CC1. The van der Waals surface area contributed by atoms with Crippen molar-refractivity contribution in [2.45, 2.75) is 19.4 Å². The van der Waals surface area contributed by atoms with Crippen LogP contribution in [0.5, 0.6) is 0 Å². The maximum absolute atomic E-state index is 13.8. The largest absolute Gasteiger partial charge is 0.298 e. The molecule has 0 saturated carbocycles. The highest BCUT2D eigenvalue weighted by molar-refractivity contribution is 5.48. The molecule has 2 nitrogen and oxygen atoms in total. The van der Waals surface area contributed by atoms with Crippen LogP contribution in [-0.4, -0.2) is 48.6 Å². The van der Waals surface area contributed by atoms with Crippen LogP contribution in [0.3, 0.4) is 0 Å². The Morgan fingerprint density at radius 2 is 1.64 bits per heavy atom. The maximum atomic E-state index is 13.8. The number of piperazine rings is 1. The van der Waals surface area contributed by atoms with Crippen LogP contribution in [0.1, 0.15) is 18.1 Å². The summed E-state index contributed by atoms with van der Waals surface area (Å²) in [6.45, 7) is 7.44. The second-order valence-corrected chi connectivity index (χ2v) is 6.79. The van der Waals surface area contributed by atoms with Crippen LogP contribution in [-0.2, 0) is 6.42 Å². The van der Waals surface area contributed by atoms with Crippen molar-refractivity contribution in [1.82, 2.24) is 9.80 Å². The summed E-state index contributed by atoms with van der Waals surface area (Å²) in [5, 5.41) is 0. The van der Waals surface area contributed by atoms with Gasteiger partial charge in [0.1, 0.15) is 5.82 Å². The fourth-order valence-electron chi connectivity index (χ4n) is 3.40. The molecule has 0 aliphatic carbocycles. The second kappa shape index (κ2) is 8.93. The highest BCUT2D eigenvalue weighted by Crippen LogP contribution is 2.14. The van der Waals surface area contributed by atoms with Gasteiger partial charge in [-0.05, 0) is 30.5 Å². The maximum Gasteiger partial charge on any atom is 0.126 e. The monoisotopic (exact) mass is 338 g/mol. The van der Waals surface area contributed by atoms with Crippen molar-refractivity contribution < 1.29 is 4.39 Å². The first-order valence-corrected chi connectivity index (χ1v) is 9.14. The predicted molar refractivity (Wildman–Crippen MR) is 103 cm³/mol. The Kier molecular flexibility index (Phi) is 6.37. The van der Waals surface area contributed by atoms with E-state index in [2.05, 4.69) is 53.1 Å². The summed E-state index contributed by atoms with van der Waals surface area (Å²) >= 11 is 0. The standard InChI is InChI=1S/C22H27FN2/c1-19(18-21-11-5-6-12-22(21)23)25-16-14-24(15-17-25)13-7-10-20-8-3-2-4-9-20/h2-12,19H,13-18H2,1H3/t19-/m1/s1. The summed E-state index contributed by atoms with van der Waals surface area (Å²) in [6.07, 6.45) is 5.21. The van der Waals surface area contributed by atoms with Gasteiger partial charge in [-0.3, -0.25) is 9.80 Å². The smallest absolute Gasteiger partial charge is 0.126 e. The van der Waals surface area contributed by atoms with E-state index in [1.807, 2.05) is 18.2 Å². The van der Waals surface area contributed by atoms with Gasteiger partial charge in [0.15, 0.2) is 0 Å². The first-order valence-electron chi connectivity index (χ1n) is 9.14. The molecular formula is C22H27FN2. The lowest BCUT2D eigenvalue weighted by atomic mass is 10.0. The molecule has 132 valence electrons. The molecule has 0 N–H and O–H groups in total. The third-order valence-corrected chi connectivity index (χ3v) is 4.98. The van der Waals surface area contributed by atoms with Gasteiger partial charge in [-0.2, -0.15) is 0 Å². The molecular weight excluding hydrogens is 311 g/mol. The third-order valence-electron chi connectivity index (χ3n) is 4.98. The van der Waals surface area contributed by atoms with E-state index in [0.717, 1.165) is 44.7 Å². The van der Waals surface area contributed by atoms with E-state index in [9.17, 15) is 4.39 Å². The predicted octanol–water partition coefficient (Wildman–Crippen LogP) is 4.09. The van der Waals surface area contributed by atoms with E-state index in [1.165, 1.54) is 5.56 Å². The van der Waals surface area contributed by atoms with E-state index in [-0.39, 0.29) is 5.82 Å². The van der Waals surface area contributed by atoms with Crippen LogP contribution >= 0.6 is 0 Å². The normalized spacial score (nSPS) is 17.8. The van der Waals surface area contributed by atoms with Gasteiger partial charge in [0, 0.05) is 38.8 Å². The van der Waals surface area contributed by atoms with Crippen LogP contribution in [0.2, 0.25) is 0 Å². The molecule has 1 aliphatic heterocycles. The van der Waals surface area contributed by atoms with Crippen molar-refractivity contribution >= 4 is 6.08 Å². The number of benzene rings is 2. The number of halogens is 1. The minimum absolute atomic E-state index is 0.0842. The zero-order valence-electron chi connectivity index (χ0n) is 14.9. The fraction of sp³-hybridized carbons (Fsp3) is 0.364. The summed E-state index contributed by atoms with van der Waals surface area (Å²) < 4.78 is 13.8. The molecule has 2 aromatic rings. The first kappa shape index (κ1) is 17.8. The molecule has 1 heterocycles. The second-order valence-electron chi connectivity index (χ2n) is 6.79. The fourth-order valence-corrected chi connectivity index (χ4v) is 3.40. The van der Waals surface area contributed by atoms with Gasteiger partial charge in [0.05, 0.1) is 0 Å². The van der Waals surface area contributed by atoms with Gasteiger partial charge in [0.2, 0.25) is 0 Å². The number of hydrogen-bond acceptors (Lipinski definition) is 2. The molecule has 0 bridgehead atoms. The van der Waals surface area contributed by atoms with Crippen molar-refractivity contribution in [3.05, 3.63) is 77.6 Å². The number of nitrogens with zero attached hydrogens (tertiary/aromatic N) is 2. The minimum Gasteiger partial charge on any atom is -0.298 e. The lowest BCUT2D eigenvalue weighted by Gasteiger charge is -2.37. The Morgan fingerprint density at radius 3 is 2.36 bits per heavy atom. The molecule has 0 unspecified atom stereocenters. The van der Waals surface area contributed by atoms with Crippen LogP contribution in [0.4, 0.5) is 4.39 Å². The van der Waals surface area contributed by atoms with Gasteiger partial charge in [-0.1, -0.05) is 60.7 Å². The molecule has 0 radical (unpaired) electrons. The van der Waals surface area contributed by atoms with E-state index in [4.69, 9.17) is 0 Å². The Balaban J connectivity index is 1.44. The summed E-state index contributed by atoms with van der Waals surface area (Å²) in [7, 11) is 0. The highest BCUT2D eigenvalue weighted by Gasteiger charge is 2.21. The molecule has 1 aliphatic rings. The summed E-state index contributed by atoms with van der Waals surface area (Å²) in [4.78, 5) is 4.95.